The van der Waals surface area contributed by atoms with Crippen LogP contribution in [0, 0.1) is 6.92 Å². The Hall–Kier alpha value is -4.51. The molecule has 1 aliphatic heterocycles. The standard InChI is InChI=1S/C33H25ClN4O4S2/c1-20-6-4-7-21(16-20)18-42-25-13-11-22(12-14-25)29(39)27-28(23-9-5-15-35-17-23)38(31(41)30(27)40)32-36-37-33(44-32)43-19-24-8-2-3-10-26(24)34/h2-17,28,39H,18-19H2,1H3. The Bertz CT molecular complexity index is 1860. The number of ketones is 1. The molecule has 0 saturated carbocycles. The number of amides is 1. The molecule has 1 aliphatic rings. The van der Waals surface area contributed by atoms with Crippen LogP contribution in [0.4, 0.5) is 5.13 Å². The molecular formula is C33H25ClN4O4S2. The van der Waals surface area contributed by atoms with E-state index in [0.29, 0.717) is 38.6 Å². The normalized spacial score (nSPS) is 16.0. The van der Waals surface area contributed by atoms with Gasteiger partial charge in [0, 0.05) is 28.7 Å². The van der Waals surface area contributed by atoms with Gasteiger partial charge in [-0.15, -0.1) is 10.2 Å². The van der Waals surface area contributed by atoms with Gasteiger partial charge in [-0.05, 0) is 60.0 Å². The molecule has 1 N–H and O–H groups in total. The minimum absolute atomic E-state index is 0.0584. The molecule has 8 nitrogen and oxygen atoms in total. The van der Waals surface area contributed by atoms with Crippen LogP contribution in [-0.2, 0) is 21.9 Å². The third-order valence-electron chi connectivity index (χ3n) is 6.97. The lowest BCUT2D eigenvalue weighted by Gasteiger charge is -2.22. The highest BCUT2D eigenvalue weighted by molar-refractivity contribution is 8.00. The Morgan fingerprint density at radius 3 is 2.59 bits per heavy atom. The van der Waals surface area contributed by atoms with Crippen molar-refractivity contribution in [2.45, 2.75) is 29.7 Å². The maximum atomic E-state index is 13.5. The van der Waals surface area contributed by atoms with E-state index in [1.165, 1.54) is 28.0 Å². The quantitative estimate of drug-likeness (QED) is 0.0584. The second kappa shape index (κ2) is 13.0. The molecule has 1 saturated heterocycles. The molecule has 1 amide bonds. The average Bonchev–Trinajstić information content (AvgIpc) is 3.61. The number of carbonyl (C=O) groups is 2. The molecule has 3 aromatic carbocycles. The molecular weight excluding hydrogens is 616 g/mol. The number of aromatic nitrogens is 3. The van der Waals surface area contributed by atoms with E-state index in [-0.39, 0.29) is 16.5 Å². The zero-order valence-corrected chi connectivity index (χ0v) is 25.8. The van der Waals surface area contributed by atoms with Crippen LogP contribution in [0.1, 0.15) is 33.9 Å². The van der Waals surface area contributed by atoms with E-state index in [1.54, 1.807) is 48.8 Å². The van der Waals surface area contributed by atoms with Crippen LogP contribution in [0.25, 0.3) is 5.76 Å². The minimum atomic E-state index is -0.949. The predicted octanol–water partition coefficient (Wildman–Crippen LogP) is 7.39. The molecule has 44 heavy (non-hydrogen) atoms. The summed E-state index contributed by atoms with van der Waals surface area (Å²) in [4.78, 5) is 32.4. The fraction of sp³-hybridized carbons (Fsp3) is 0.121. The van der Waals surface area contributed by atoms with Gasteiger partial charge in [0.05, 0.1) is 11.6 Å². The van der Waals surface area contributed by atoms with Crippen molar-refractivity contribution in [3.05, 3.63) is 136 Å². The number of hydrogen-bond donors (Lipinski definition) is 1. The lowest BCUT2D eigenvalue weighted by Crippen LogP contribution is -2.29. The second-order valence-electron chi connectivity index (χ2n) is 9.99. The van der Waals surface area contributed by atoms with Gasteiger partial charge in [-0.1, -0.05) is 88.8 Å². The third-order valence-corrected chi connectivity index (χ3v) is 9.44. The molecule has 0 spiro atoms. The van der Waals surface area contributed by atoms with E-state index >= 15 is 0 Å². The number of rotatable bonds is 9. The van der Waals surface area contributed by atoms with Crippen molar-refractivity contribution < 1.29 is 19.4 Å². The van der Waals surface area contributed by atoms with Gasteiger partial charge in [0.25, 0.3) is 5.78 Å². The Balaban J connectivity index is 1.28. The number of pyridine rings is 1. The Labute approximate surface area is 267 Å². The van der Waals surface area contributed by atoms with E-state index in [9.17, 15) is 14.7 Å². The van der Waals surface area contributed by atoms with Gasteiger partial charge in [0.2, 0.25) is 5.13 Å². The van der Waals surface area contributed by atoms with Crippen molar-refractivity contribution >= 4 is 57.3 Å². The summed E-state index contributed by atoms with van der Waals surface area (Å²) in [5.41, 5.74) is 3.98. The SMILES string of the molecule is Cc1cccc(COc2ccc(C(O)=C3C(=O)C(=O)N(c4nnc(SCc5ccccc5Cl)s4)C3c3cccnc3)cc2)c1. The van der Waals surface area contributed by atoms with Crippen LogP contribution >= 0.6 is 34.7 Å². The number of anilines is 1. The highest BCUT2D eigenvalue weighted by Gasteiger charge is 2.48. The number of aliphatic hydroxyl groups excluding tert-OH is 1. The van der Waals surface area contributed by atoms with Gasteiger partial charge in [-0.3, -0.25) is 19.5 Å². The lowest BCUT2D eigenvalue weighted by molar-refractivity contribution is -0.132. The van der Waals surface area contributed by atoms with Crippen molar-refractivity contribution in [3.8, 4) is 5.75 Å². The monoisotopic (exact) mass is 640 g/mol. The maximum absolute atomic E-state index is 13.5. The van der Waals surface area contributed by atoms with Crippen molar-refractivity contribution in [1.82, 2.24) is 15.2 Å². The smallest absolute Gasteiger partial charge is 0.301 e. The lowest BCUT2D eigenvalue weighted by atomic mass is 9.96. The van der Waals surface area contributed by atoms with Crippen LogP contribution in [0.3, 0.4) is 0 Å². The number of Topliss-reactive ketones (excluding diaryl/α,β-unsaturated/α-hetero) is 1. The Kier molecular flexibility index (Phi) is 8.74. The van der Waals surface area contributed by atoms with Gasteiger partial charge in [0.15, 0.2) is 4.34 Å². The first kappa shape index (κ1) is 29.6. The molecule has 1 atom stereocenters. The molecule has 1 fully saturated rings. The fourth-order valence-electron chi connectivity index (χ4n) is 4.83. The number of ether oxygens (including phenoxy) is 1. The van der Waals surface area contributed by atoms with E-state index < -0.39 is 17.7 Å². The molecule has 0 bridgehead atoms. The number of thioether (sulfide) groups is 1. The van der Waals surface area contributed by atoms with Crippen LogP contribution < -0.4 is 9.64 Å². The van der Waals surface area contributed by atoms with E-state index in [1.807, 2.05) is 49.4 Å². The predicted molar refractivity (Wildman–Crippen MR) is 172 cm³/mol. The summed E-state index contributed by atoms with van der Waals surface area (Å²) in [5.74, 6) is -0.774. The van der Waals surface area contributed by atoms with E-state index in [4.69, 9.17) is 16.3 Å². The van der Waals surface area contributed by atoms with Gasteiger partial charge < -0.3 is 9.84 Å². The zero-order valence-electron chi connectivity index (χ0n) is 23.4. The highest BCUT2D eigenvalue weighted by atomic mass is 35.5. The maximum Gasteiger partial charge on any atom is 0.301 e. The van der Waals surface area contributed by atoms with Crippen molar-refractivity contribution in [1.29, 1.82) is 0 Å². The second-order valence-corrected chi connectivity index (χ2v) is 12.6. The first-order valence-electron chi connectivity index (χ1n) is 13.6. The summed E-state index contributed by atoms with van der Waals surface area (Å²) in [6.45, 7) is 2.41. The molecule has 3 heterocycles. The summed E-state index contributed by atoms with van der Waals surface area (Å²) >= 11 is 8.91. The largest absolute Gasteiger partial charge is 0.507 e. The average molecular weight is 641 g/mol. The Morgan fingerprint density at radius 1 is 1.02 bits per heavy atom. The topological polar surface area (TPSA) is 106 Å². The van der Waals surface area contributed by atoms with Crippen LogP contribution in [0.2, 0.25) is 5.02 Å². The number of benzene rings is 3. The van der Waals surface area contributed by atoms with Crippen LogP contribution in [-0.4, -0.2) is 32.0 Å². The van der Waals surface area contributed by atoms with Gasteiger partial charge in [0.1, 0.15) is 18.1 Å². The summed E-state index contributed by atoms with van der Waals surface area (Å²) in [6.07, 6.45) is 3.16. The summed E-state index contributed by atoms with van der Waals surface area (Å²) in [7, 11) is 0. The minimum Gasteiger partial charge on any atom is -0.507 e. The number of nitrogens with zero attached hydrogens (tertiary/aromatic N) is 4. The van der Waals surface area contributed by atoms with Crippen molar-refractivity contribution in [2.75, 3.05) is 4.90 Å². The van der Waals surface area contributed by atoms with Gasteiger partial charge in [-0.25, -0.2) is 0 Å². The number of halogens is 1. The van der Waals surface area contributed by atoms with E-state index in [2.05, 4.69) is 21.2 Å². The molecule has 5 aromatic rings. The van der Waals surface area contributed by atoms with Gasteiger partial charge in [-0.2, -0.15) is 0 Å². The number of aliphatic hydroxyl groups is 1. The number of hydrogen-bond acceptors (Lipinski definition) is 9. The first-order valence-corrected chi connectivity index (χ1v) is 15.8. The third kappa shape index (κ3) is 6.23. The van der Waals surface area contributed by atoms with Gasteiger partial charge >= 0.3 is 5.91 Å². The fourth-order valence-corrected chi connectivity index (χ4v) is 6.98. The summed E-state index contributed by atoms with van der Waals surface area (Å²) < 4.78 is 6.51. The molecule has 11 heteroatoms. The molecule has 2 aromatic heterocycles. The molecule has 1 unspecified atom stereocenters. The van der Waals surface area contributed by atoms with Crippen LogP contribution in [0.5, 0.6) is 5.75 Å². The number of carbonyl (C=O) groups excluding carboxylic acids is 2. The molecule has 0 radical (unpaired) electrons. The summed E-state index contributed by atoms with van der Waals surface area (Å²) in [6, 6.07) is 24.8. The van der Waals surface area contributed by atoms with Crippen LogP contribution in [0.15, 0.2) is 107 Å². The number of aryl methyl sites for hydroxylation is 1. The summed E-state index contributed by atoms with van der Waals surface area (Å²) in [5, 5.41) is 20.8. The molecule has 0 aliphatic carbocycles. The molecule has 220 valence electrons. The van der Waals surface area contributed by atoms with E-state index in [0.717, 1.165) is 16.7 Å². The van der Waals surface area contributed by atoms with Crippen molar-refractivity contribution in [2.24, 2.45) is 0 Å². The van der Waals surface area contributed by atoms with Crippen molar-refractivity contribution in [3.63, 3.8) is 0 Å². The molecule has 6 rings (SSSR count). The Morgan fingerprint density at radius 2 is 1.84 bits per heavy atom. The zero-order chi connectivity index (χ0) is 30.6. The highest BCUT2D eigenvalue weighted by Crippen LogP contribution is 2.44. The first-order chi connectivity index (χ1) is 21.4.